The molecule has 1 heterocycles. The maximum absolute atomic E-state index is 12.5. The Balaban J connectivity index is 2.61. The first kappa shape index (κ1) is 14.3. The van der Waals surface area contributed by atoms with Gasteiger partial charge >= 0.3 is 6.18 Å². The second-order valence-corrected chi connectivity index (χ2v) is 4.36. The van der Waals surface area contributed by atoms with Crippen LogP contribution in [0.3, 0.4) is 0 Å². The summed E-state index contributed by atoms with van der Waals surface area (Å²) in [7, 11) is 0. The van der Waals surface area contributed by atoms with Gasteiger partial charge in [-0.1, -0.05) is 6.92 Å². The van der Waals surface area contributed by atoms with E-state index in [1.165, 1.54) is 6.07 Å². The Labute approximate surface area is 99.6 Å². The lowest BCUT2D eigenvalue weighted by Gasteiger charge is -2.30. The Morgan fingerprint density at radius 1 is 1.53 bits per heavy atom. The van der Waals surface area contributed by atoms with E-state index in [2.05, 4.69) is 5.32 Å². The van der Waals surface area contributed by atoms with E-state index >= 15 is 0 Å². The van der Waals surface area contributed by atoms with Gasteiger partial charge in [-0.05, 0) is 25.9 Å². The van der Waals surface area contributed by atoms with Crippen molar-refractivity contribution in [2.24, 2.45) is 5.92 Å². The Morgan fingerprint density at radius 2 is 2.24 bits per heavy atom. The Bertz CT molecular complexity index is 266. The molecule has 17 heavy (non-hydrogen) atoms. The molecule has 1 aliphatic rings. The molecule has 0 spiro atoms. The summed E-state index contributed by atoms with van der Waals surface area (Å²) in [6, 6.07) is 1.50. The van der Waals surface area contributed by atoms with Crippen molar-refractivity contribution in [3.8, 4) is 6.07 Å². The lowest BCUT2D eigenvalue weighted by atomic mass is 10.1. The topological polar surface area (TPSA) is 39.1 Å². The average Bonchev–Trinajstić information content (AvgIpc) is 2.75. The van der Waals surface area contributed by atoms with Crippen molar-refractivity contribution in [1.82, 2.24) is 10.2 Å². The number of nitrogens with zero attached hydrogens (tertiary/aromatic N) is 2. The largest absolute Gasteiger partial charge is 0.405 e. The van der Waals surface area contributed by atoms with Gasteiger partial charge in [-0.15, -0.1) is 0 Å². The van der Waals surface area contributed by atoms with Crippen molar-refractivity contribution in [2.45, 2.75) is 32.0 Å². The highest BCUT2D eigenvalue weighted by molar-refractivity contribution is 4.93. The molecule has 0 aromatic heterocycles. The zero-order valence-corrected chi connectivity index (χ0v) is 9.93. The van der Waals surface area contributed by atoms with Gasteiger partial charge in [0.2, 0.25) is 0 Å². The fraction of sp³-hybridized carbons (Fsp3) is 0.909. The smallest absolute Gasteiger partial charge is 0.315 e. The summed E-state index contributed by atoms with van der Waals surface area (Å²) in [5, 5.41) is 11.7. The van der Waals surface area contributed by atoms with Gasteiger partial charge in [0.25, 0.3) is 0 Å². The predicted octanol–water partition coefficient (Wildman–Crippen LogP) is 1.76. The van der Waals surface area contributed by atoms with Crippen molar-refractivity contribution >= 4 is 0 Å². The molecule has 3 nitrogen and oxygen atoms in total. The first-order valence-corrected chi connectivity index (χ1v) is 5.90. The van der Waals surface area contributed by atoms with Crippen LogP contribution in [0.4, 0.5) is 13.2 Å². The molecule has 98 valence electrons. The molecule has 0 saturated carbocycles. The Morgan fingerprint density at radius 3 is 2.65 bits per heavy atom. The normalized spacial score (nSPS) is 22.7. The van der Waals surface area contributed by atoms with Crippen LogP contribution in [0.5, 0.6) is 0 Å². The Hall–Kier alpha value is -0.800. The summed E-state index contributed by atoms with van der Waals surface area (Å²) in [6.45, 7) is 3.90. The van der Waals surface area contributed by atoms with Crippen LogP contribution in [0.25, 0.3) is 0 Å². The molecule has 0 aromatic rings. The summed E-state index contributed by atoms with van der Waals surface area (Å²) < 4.78 is 37.6. The van der Waals surface area contributed by atoms with Crippen molar-refractivity contribution in [3.05, 3.63) is 0 Å². The standard InChI is InChI=1S/C11H18F3N3/c1-2-5-17(10-3-4-16-7-10)8-9(6-15)11(12,13)14/h9-10,16H,2-5,7-8H2,1H3. The van der Waals surface area contributed by atoms with Crippen LogP contribution in [0.1, 0.15) is 19.8 Å². The van der Waals surface area contributed by atoms with E-state index in [-0.39, 0.29) is 12.6 Å². The second kappa shape index (κ2) is 6.22. The first-order valence-electron chi connectivity index (χ1n) is 5.90. The van der Waals surface area contributed by atoms with E-state index in [1.807, 2.05) is 6.92 Å². The molecular formula is C11H18F3N3. The highest BCUT2D eigenvalue weighted by atomic mass is 19.4. The van der Waals surface area contributed by atoms with Crippen LogP contribution in [-0.4, -0.2) is 43.3 Å². The number of nitrogens with one attached hydrogen (secondary N) is 1. The number of halogens is 3. The molecule has 1 fully saturated rings. The van der Waals surface area contributed by atoms with E-state index in [0.29, 0.717) is 6.54 Å². The number of rotatable bonds is 5. The quantitative estimate of drug-likeness (QED) is 0.807. The van der Waals surface area contributed by atoms with Crippen molar-refractivity contribution in [3.63, 3.8) is 0 Å². The number of alkyl halides is 3. The van der Waals surface area contributed by atoms with Crippen LogP contribution >= 0.6 is 0 Å². The molecule has 6 heteroatoms. The van der Waals surface area contributed by atoms with Gasteiger partial charge in [0.05, 0.1) is 6.07 Å². The SMILES string of the molecule is CCCN(CC(C#N)C(F)(F)F)C1CCNC1. The molecule has 0 aromatic carbocycles. The molecule has 2 unspecified atom stereocenters. The molecule has 0 amide bonds. The van der Waals surface area contributed by atoms with Gasteiger partial charge in [-0.25, -0.2) is 0 Å². The molecule has 1 N–H and O–H groups in total. The highest BCUT2D eigenvalue weighted by Crippen LogP contribution is 2.27. The molecule has 1 rings (SSSR count). The fourth-order valence-electron chi connectivity index (χ4n) is 2.11. The number of hydrogen-bond donors (Lipinski definition) is 1. The summed E-state index contributed by atoms with van der Waals surface area (Å²) in [5.41, 5.74) is 0. The van der Waals surface area contributed by atoms with Gasteiger partial charge in [-0.2, -0.15) is 18.4 Å². The second-order valence-electron chi connectivity index (χ2n) is 4.36. The molecule has 1 aliphatic heterocycles. The summed E-state index contributed by atoms with van der Waals surface area (Å²) in [5.74, 6) is -1.88. The summed E-state index contributed by atoms with van der Waals surface area (Å²) in [4.78, 5) is 1.79. The minimum Gasteiger partial charge on any atom is -0.315 e. The van der Waals surface area contributed by atoms with Crippen LogP contribution in [0.15, 0.2) is 0 Å². The fourth-order valence-corrected chi connectivity index (χ4v) is 2.11. The zero-order valence-electron chi connectivity index (χ0n) is 9.93. The van der Waals surface area contributed by atoms with Crippen molar-refractivity contribution < 1.29 is 13.2 Å². The minimum atomic E-state index is -4.42. The number of nitriles is 1. The maximum atomic E-state index is 12.5. The van der Waals surface area contributed by atoms with Gasteiger partial charge in [0.1, 0.15) is 0 Å². The first-order chi connectivity index (χ1) is 7.99. The average molecular weight is 249 g/mol. The molecule has 0 aliphatic carbocycles. The van der Waals surface area contributed by atoms with Crippen LogP contribution in [0, 0.1) is 17.2 Å². The maximum Gasteiger partial charge on any atom is 0.405 e. The lowest BCUT2D eigenvalue weighted by molar-refractivity contribution is -0.164. The Kier molecular flexibility index (Phi) is 5.22. The summed E-state index contributed by atoms with van der Waals surface area (Å²) in [6.07, 6.45) is -2.77. The van der Waals surface area contributed by atoms with Gasteiger partial charge in [0, 0.05) is 19.1 Å². The predicted molar refractivity (Wildman–Crippen MR) is 58.3 cm³/mol. The molecular weight excluding hydrogens is 231 g/mol. The van der Waals surface area contributed by atoms with Crippen LogP contribution < -0.4 is 5.32 Å². The lowest BCUT2D eigenvalue weighted by Crippen LogP contribution is -2.43. The van der Waals surface area contributed by atoms with Gasteiger partial charge in [0.15, 0.2) is 5.92 Å². The van der Waals surface area contributed by atoms with E-state index in [1.54, 1.807) is 4.90 Å². The van der Waals surface area contributed by atoms with Gasteiger partial charge in [-0.3, -0.25) is 4.90 Å². The highest BCUT2D eigenvalue weighted by Gasteiger charge is 2.41. The third kappa shape index (κ3) is 4.17. The molecule has 1 saturated heterocycles. The van der Waals surface area contributed by atoms with Gasteiger partial charge < -0.3 is 5.32 Å². The van der Waals surface area contributed by atoms with E-state index in [0.717, 1.165) is 25.9 Å². The molecule has 0 radical (unpaired) electrons. The van der Waals surface area contributed by atoms with E-state index in [4.69, 9.17) is 5.26 Å². The van der Waals surface area contributed by atoms with Crippen molar-refractivity contribution in [1.29, 1.82) is 5.26 Å². The van der Waals surface area contributed by atoms with Crippen LogP contribution in [0.2, 0.25) is 0 Å². The molecule has 2 atom stereocenters. The van der Waals surface area contributed by atoms with E-state index < -0.39 is 12.1 Å². The number of hydrogen-bond acceptors (Lipinski definition) is 3. The van der Waals surface area contributed by atoms with E-state index in [9.17, 15) is 13.2 Å². The summed E-state index contributed by atoms with van der Waals surface area (Å²) >= 11 is 0. The monoisotopic (exact) mass is 249 g/mol. The zero-order chi connectivity index (χ0) is 12.9. The minimum absolute atomic E-state index is 0.133. The van der Waals surface area contributed by atoms with Crippen molar-refractivity contribution in [2.75, 3.05) is 26.2 Å². The molecule has 0 bridgehead atoms. The third-order valence-electron chi connectivity index (χ3n) is 3.03. The third-order valence-corrected chi connectivity index (χ3v) is 3.03. The van der Waals surface area contributed by atoms with Crippen LogP contribution in [-0.2, 0) is 0 Å².